The summed E-state index contributed by atoms with van der Waals surface area (Å²) in [6.45, 7) is 5.64. The van der Waals surface area contributed by atoms with E-state index in [1.54, 1.807) is 6.07 Å². The summed E-state index contributed by atoms with van der Waals surface area (Å²) in [7, 11) is 0. The standard InChI is InChI=1S/C22H26ClN7O/c23-19-5-6-21(27-26-19)29-11-13-30(14-12-29)22(31)16-7-9-28(10-8-16)15-20-24-17-3-1-2-4-18(17)25-20/h1-6,16H,7-15H2,(H,24,25). The van der Waals surface area contributed by atoms with E-state index in [1.165, 1.54) is 0 Å². The lowest BCUT2D eigenvalue weighted by Crippen LogP contribution is -2.51. The number of fused-ring (bicyclic) bond motifs is 1. The normalized spacial score (nSPS) is 18.6. The molecule has 2 aliphatic heterocycles. The van der Waals surface area contributed by atoms with Gasteiger partial charge in [0.25, 0.3) is 0 Å². The van der Waals surface area contributed by atoms with Gasteiger partial charge in [0.05, 0.1) is 17.6 Å². The van der Waals surface area contributed by atoms with Crippen molar-refractivity contribution in [3.63, 3.8) is 0 Å². The van der Waals surface area contributed by atoms with Crippen molar-refractivity contribution < 1.29 is 4.79 Å². The lowest BCUT2D eigenvalue weighted by atomic mass is 9.95. The Hall–Kier alpha value is -2.71. The van der Waals surface area contributed by atoms with E-state index in [1.807, 2.05) is 29.2 Å². The maximum Gasteiger partial charge on any atom is 0.225 e. The number of piperazine rings is 1. The highest BCUT2D eigenvalue weighted by atomic mass is 35.5. The summed E-state index contributed by atoms with van der Waals surface area (Å²) >= 11 is 5.82. The second kappa shape index (κ2) is 8.80. The molecule has 3 aromatic rings. The smallest absolute Gasteiger partial charge is 0.225 e. The molecular formula is C22H26ClN7O. The van der Waals surface area contributed by atoms with Crippen LogP contribution in [0.2, 0.25) is 5.15 Å². The number of hydrogen-bond donors (Lipinski definition) is 1. The summed E-state index contributed by atoms with van der Waals surface area (Å²) in [5.74, 6) is 2.22. The van der Waals surface area contributed by atoms with Crippen LogP contribution in [0.15, 0.2) is 36.4 Å². The Kier molecular flexibility index (Phi) is 5.74. The zero-order valence-corrected chi connectivity index (χ0v) is 18.1. The predicted molar refractivity (Wildman–Crippen MR) is 120 cm³/mol. The van der Waals surface area contributed by atoms with Gasteiger partial charge in [0.1, 0.15) is 5.82 Å². The van der Waals surface area contributed by atoms with Crippen molar-refractivity contribution >= 4 is 34.4 Å². The number of aromatic nitrogens is 4. The van der Waals surface area contributed by atoms with E-state index in [-0.39, 0.29) is 5.92 Å². The molecule has 2 aliphatic rings. The number of likely N-dealkylation sites (tertiary alicyclic amines) is 1. The number of benzene rings is 1. The van der Waals surface area contributed by atoms with Crippen molar-refractivity contribution in [2.24, 2.45) is 5.92 Å². The first-order valence-electron chi connectivity index (χ1n) is 10.8. The topological polar surface area (TPSA) is 81.3 Å². The number of para-hydroxylation sites is 2. The molecule has 31 heavy (non-hydrogen) atoms. The zero-order chi connectivity index (χ0) is 21.2. The van der Waals surface area contributed by atoms with Gasteiger partial charge >= 0.3 is 0 Å². The molecule has 0 spiro atoms. The third-order valence-corrected chi connectivity index (χ3v) is 6.48. The number of hydrogen-bond acceptors (Lipinski definition) is 6. The number of nitrogens with one attached hydrogen (secondary N) is 1. The van der Waals surface area contributed by atoms with E-state index < -0.39 is 0 Å². The van der Waals surface area contributed by atoms with Gasteiger partial charge in [-0.15, -0.1) is 10.2 Å². The van der Waals surface area contributed by atoms with Crippen molar-refractivity contribution in [2.45, 2.75) is 19.4 Å². The molecule has 2 fully saturated rings. The summed E-state index contributed by atoms with van der Waals surface area (Å²) in [4.78, 5) is 27.7. The zero-order valence-electron chi connectivity index (χ0n) is 17.4. The molecule has 162 valence electrons. The molecule has 5 rings (SSSR count). The fourth-order valence-electron chi connectivity index (χ4n) is 4.52. The van der Waals surface area contributed by atoms with Crippen LogP contribution >= 0.6 is 11.6 Å². The van der Waals surface area contributed by atoms with Gasteiger partial charge in [-0.1, -0.05) is 23.7 Å². The Balaban J connectivity index is 1.10. The molecule has 0 saturated carbocycles. The fourth-order valence-corrected chi connectivity index (χ4v) is 4.62. The lowest BCUT2D eigenvalue weighted by Gasteiger charge is -2.38. The number of nitrogens with zero attached hydrogens (tertiary/aromatic N) is 6. The number of H-pyrrole nitrogens is 1. The SMILES string of the molecule is O=C(C1CCN(Cc2nc3ccccc3[nH]2)CC1)N1CCN(c2ccc(Cl)nn2)CC1. The van der Waals surface area contributed by atoms with Gasteiger partial charge in [-0.25, -0.2) is 4.98 Å². The van der Waals surface area contributed by atoms with Crippen LogP contribution in [-0.2, 0) is 11.3 Å². The Morgan fingerprint density at radius 2 is 1.77 bits per heavy atom. The maximum absolute atomic E-state index is 13.0. The molecule has 1 aromatic carbocycles. The van der Waals surface area contributed by atoms with Gasteiger partial charge in [-0.05, 0) is 50.2 Å². The van der Waals surface area contributed by atoms with Crippen LogP contribution in [0.3, 0.4) is 0 Å². The number of halogens is 1. The maximum atomic E-state index is 13.0. The fraction of sp³-hybridized carbons (Fsp3) is 0.455. The van der Waals surface area contributed by atoms with E-state index in [9.17, 15) is 4.79 Å². The molecule has 0 atom stereocenters. The molecule has 0 aliphatic carbocycles. The summed E-state index contributed by atoms with van der Waals surface area (Å²) in [6.07, 6.45) is 1.81. The Labute approximate surface area is 186 Å². The van der Waals surface area contributed by atoms with E-state index in [2.05, 4.69) is 36.0 Å². The van der Waals surface area contributed by atoms with Crippen LogP contribution in [0.4, 0.5) is 5.82 Å². The van der Waals surface area contributed by atoms with Gasteiger partial charge in [0.15, 0.2) is 11.0 Å². The Morgan fingerprint density at radius 3 is 2.48 bits per heavy atom. The van der Waals surface area contributed by atoms with Crippen molar-refractivity contribution in [3.8, 4) is 0 Å². The van der Waals surface area contributed by atoms with E-state index in [0.717, 1.165) is 81.3 Å². The summed E-state index contributed by atoms with van der Waals surface area (Å²) < 4.78 is 0. The molecule has 1 N–H and O–H groups in total. The third kappa shape index (κ3) is 4.50. The van der Waals surface area contributed by atoms with Gasteiger partial charge in [-0.3, -0.25) is 9.69 Å². The number of rotatable bonds is 4. The van der Waals surface area contributed by atoms with Crippen LogP contribution < -0.4 is 4.90 Å². The number of imidazole rings is 1. The molecule has 8 nitrogen and oxygen atoms in total. The average molecular weight is 440 g/mol. The Bertz CT molecular complexity index is 1000. The first-order valence-corrected chi connectivity index (χ1v) is 11.2. The molecule has 0 unspecified atom stereocenters. The number of piperidine rings is 1. The number of carbonyl (C=O) groups is 1. The largest absolute Gasteiger partial charge is 0.352 e. The van der Waals surface area contributed by atoms with Crippen molar-refractivity contribution in [1.29, 1.82) is 0 Å². The quantitative estimate of drug-likeness (QED) is 0.672. The van der Waals surface area contributed by atoms with E-state index >= 15 is 0 Å². The predicted octanol–water partition coefficient (Wildman–Crippen LogP) is 2.57. The summed E-state index contributed by atoms with van der Waals surface area (Å²) in [5.41, 5.74) is 2.08. The highest BCUT2D eigenvalue weighted by Gasteiger charge is 2.31. The second-order valence-electron chi connectivity index (χ2n) is 8.28. The average Bonchev–Trinajstić information content (AvgIpc) is 3.22. The molecule has 0 bridgehead atoms. The molecular weight excluding hydrogens is 414 g/mol. The van der Waals surface area contributed by atoms with Gasteiger partial charge in [0.2, 0.25) is 5.91 Å². The second-order valence-corrected chi connectivity index (χ2v) is 8.66. The minimum Gasteiger partial charge on any atom is -0.352 e. The summed E-state index contributed by atoms with van der Waals surface area (Å²) in [6, 6.07) is 11.7. The molecule has 9 heteroatoms. The third-order valence-electron chi connectivity index (χ3n) is 6.28. The van der Waals surface area contributed by atoms with Gasteiger partial charge < -0.3 is 14.8 Å². The molecule has 1 amide bonds. The van der Waals surface area contributed by atoms with Crippen molar-refractivity contribution in [3.05, 3.63) is 47.4 Å². The molecule has 4 heterocycles. The number of amides is 1. The number of aromatic amines is 1. The monoisotopic (exact) mass is 439 g/mol. The molecule has 2 saturated heterocycles. The molecule has 0 radical (unpaired) electrons. The first-order chi connectivity index (χ1) is 15.2. The van der Waals surface area contributed by atoms with Gasteiger partial charge in [0, 0.05) is 32.1 Å². The first kappa shape index (κ1) is 20.2. The van der Waals surface area contributed by atoms with Crippen molar-refractivity contribution in [1.82, 2.24) is 30.0 Å². The van der Waals surface area contributed by atoms with Crippen LogP contribution in [-0.4, -0.2) is 75.1 Å². The van der Waals surface area contributed by atoms with E-state index in [0.29, 0.717) is 11.1 Å². The van der Waals surface area contributed by atoms with Crippen LogP contribution in [0.1, 0.15) is 18.7 Å². The van der Waals surface area contributed by atoms with Crippen molar-refractivity contribution in [2.75, 3.05) is 44.2 Å². The number of carbonyl (C=O) groups excluding carboxylic acids is 1. The van der Waals surface area contributed by atoms with Crippen LogP contribution in [0, 0.1) is 5.92 Å². The molecule has 2 aromatic heterocycles. The Morgan fingerprint density at radius 1 is 1.00 bits per heavy atom. The van der Waals surface area contributed by atoms with Crippen LogP contribution in [0.5, 0.6) is 0 Å². The highest BCUT2D eigenvalue weighted by Crippen LogP contribution is 2.23. The minimum atomic E-state index is 0.119. The minimum absolute atomic E-state index is 0.119. The lowest BCUT2D eigenvalue weighted by molar-refractivity contribution is -0.137. The highest BCUT2D eigenvalue weighted by molar-refractivity contribution is 6.29. The summed E-state index contributed by atoms with van der Waals surface area (Å²) in [5, 5.41) is 8.45. The van der Waals surface area contributed by atoms with Crippen LogP contribution in [0.25, 0.3) is 11.0 Å². The number of anilines is 1. The van der Waals surface area contributed by atoms with E-state index in [4.69, 9.17) is 11.6 Å². The van der Waals surface area contributed by atoms with Gasteiger partial charge in [-0.2, -0.15) is 0 Å².